The Morgan fingerprint density at radius 1 is 1.26 bits per heavy atom. The fourth-order valence-electron chi connectivity index (χ4n) is 2.20. The molecule has 1 aromatic rings. The van der Waals surface area contributed by atoms with Crippen LogP contribution in [0, 0.1) is 0 Å². The van der Waals surface area contributed by atoms with E-state index in [1.807, 2.05) is 24.3 Å². The lowest BCUT2D eigenvalue weighted by Gasteiger charge is -2.21. The Hall–Kier alpha value is -0.870. The van der Waals surface area contributed by atoms with Crippen LogP contribution in [0.1, 0.15) is 19.3 Å². The number of rotatable bonds is 7. The lowest BCUT2D eigenvalue weighted by molar-refractivity contribution is 0.292. The molecule has 2 rings (SSSR count). The zero-order valence-corrected chi connectivity index (χ0v) is 12.4. The van der Waals surface area contributed by atoms with Gasteiger partial charge in [-0.3, -0.25) is 0 Å². The molecule has 4 heteroatoms. The summed E-state index contributed by atoms with van der Waals surface area (Å²) < 4.78 is 11.0. The van der Waals surface area contributed by atoms with Crippen molar-refractivity contribution in [2.75, 3.05) is 32.6 Å². The lowest BCUT2D eigenvalue weighted by atomic mass is 10.2. The maximum absolute atomic E-state index is 5.72. The van der Waals surface area contributed by atoms with E-state index < -0.39 is 0 Å². The van der Waals surface area contributed by atoms with E-state index >= 15 is 0 Å². The van der Waals surface area contributed by atoms with Gasteiger partial charge in [0.1, 0.15) is 6.61 Å². The van der Waals surface area contributed by atoms with E-state index in [0.717, 1.165) is 29.8 Å². The van der Waals surface area contributed by atoms with Gasteiger partial charge in [0.15, 0.2) is 11.5 Å². The van der Waals surface area contributed by atoms with E-state index in [9.17, 15) is 0 Å². The number of nitrogens with one attached hydrogen (secondary N) is 1. The molecule has 1 saturated heterocycles. The van der Waals surface area contributed by atoms with Crippen LogP contribution in [-0.2, 0) is 0 Å². The van der Waals surface area contributed by atoms with Crippen LogP contribution in [-0.4, -0.2) is 37.8 Å². The molecule has 1 N–H and O–H groups in total. The van der Waals surface area contributed by atoms with Gasteiger partial charge >= 0.3 is 0 Å². The standard InChI is InChI=1S/C15H23NO2S/c1-17-14-7-2-3-8-15(14)18-10-9-16-12-13-6-4-5-11-19-13/h2-3,7-8,13,16H,4-6,9-12H2,1H3. The molecule has 0 amide bonds. The molecule has 1 unspecified atom stereocenters. The summed E-state index contributed by atoms with van der Waals surface area (Å²) in [5.41, 5.74) is 0. The second-order valence-corrected chi connectivity index (χ2v) is 6.10. The normalized spacial score (nSPS) is 19.1. The van der Waals surface area contributed by atoms with E-state index in [1.54, 1.807) is 7.11 Å². The highest BCUT2D eigenvalue weighted by atomic mass is 32.2. The van der Waals surface area contributed by atoms with E-state index in [2.05, 4.69) is 17.1 Å². The predicted molar refractivity (Wildman–Crippen MR) is 81.5 cm³/mol. The maximum Gasteiger partial charge on any atom is 0.161 e. The van der Waals surface area contributed by atoms with Crippen LogP contribution in [0.25, 0.3) is 0 Å². The molecule has 1 aliphatic heterocycles. The van der Waals surface area contributed by atoms with Crippen LogP contribution in [0.2, 0.25) is 0 Å². The summed E-state index contributed by atoms with van der Waals surface area (Å²) in [7, 11) is 1.67. The SMILES string of the molecule is COc1ccccc1OCCNCC1CCCCS1. The van der Waals surface area contributed by atoms with Crippen LogP contribution in [0.15, 0.2) is 24.3 Å². The van der Waals surface area contributed by atoms with Crippen molar-refractivity contribution >= 4 is 11.8 Å². The molecule has 106 valence electrons. The largest absolute Gasteiger partial charge is 0.493 e. The number of hydrogen-bond donors (Lipinski definition) is 1. The lowest BCUT2D eigenvalue weighted by Crippen LogP contribution is -2.30. The molecule has 0 saturated carbocycles. The number of thioether (sulfide) groups is 1. The predicted octanol–water partition coefficient (Wildman–Crippen LogP) is 2.95. The Labute approximate surface area is 120 Å². The summed E-state index contributed by atoms with van der Waals surface area (Å²) in [5.74, 6) is 2.94. The van der Waals surface area contributed by atoms with Crippen molar-refractivity contribution in [2.24, 2.45) is 0 Å². The maximum atomic E-state index is 5.72. The molecular formula is C15H23NO2S. The first-order chi connectivity index (χ1) is 9.40. The van der Waals surface area contributed by atoms with Gasteiger partial charge in [0.05, 0.1) is 7.11 Å². The summed E-state index contributed by atoms with van der Waals surface area (Å²) in [6.45, 7) is 2.66. The fourth-order valence-corrected chi connectivity index (χ4v) is 3.48. The van der Waals surface area contributed by atoms with E-state index in [-0.39, 0.29) is 0 Å². The highest BCUT2D eigenvalue weighted by Crippen LogP contribution is 2.25. The van der Waals surface area contributed by atoms with Crippen LogP contribution < -0.4 is 14.8 Å². The van der Waals surface area contributed by atoms with E-state index in [0.29, 0.717) is 6.61 Å². The zero-order valence-electron chi connectivity index (χ0n) is 11.6. The number of ether oxygens (including phenoxy) is 2. The smallest absolute Gasteiger partial charge is 0.161 e. The van der Waals surface area contributed by atoms with Crippen LogP contribution in [0.3, 0.4) is 0 Å². The van der Waals surface area contributed by atoms with Gasteiger partial charge in [0.25, 0.3) is 0 Å². The van der Waals surface area contributed by atoms with Gasteiger partial charge in [-0.1, -0.05) is 18.6 Å². The molecule has 1 fully saturated rings. The van der Waals surface area contributed by atoms with E-state index in [1.165, 1.54) is 25.0 Å². The Balaban J connectivity index is 1.61. The molecule has 0 radical (unpaired) electrons. The molecule has 0 aromatic heterocycles. The van der Waals surface area contributed by atoms with Crippen LogP contribution in [0.4, 0.5) is 0 Å². The van der Waals surface area contributed by atoms with Crippen molar-refractivity contribution in [2.45, 2.75) is 24.5 Å². The average molecular weight is 281 g/mol. The van der Waals surface area contributed by atoms with Gasteiger partial charge in [-0.25, -0.2) is 0 Å². The van der Waals surface area contributed by atoms with Crippen molar-refractivity contribution in [3.63, 3.8) is 0 Å². The third kappa shape index (κ3) is 4.96. The summed E-state index contributed by atoms with van der Waals surface area (Å²) in [6, 6.07) is 7.77. The van der Waals surface area contributed by atoms with Gasteiger partial charge in [-0.2, -0.15) is 11.8 Å². The van der Waals surface area contributed by atoms with Crippen molar-refractivity contribution < 1.29 is 9.47 Å². The molecule has 19 heavy (non-hydrogen) atoms. The Kier molecular flexibility index (Phi) is 6.37. The van der Waals surface area contributed by atoms with Gasteiger partial charge < -0.3 is 14.8 Å². The summed E-state index contributed by atoms with van der Waals surface area (Å²) in [6.07, 6.45) is 4.13. The number of para-hydroxylation sites is 2. The van der Waals surface area contributed by atoms with Gasteiger partial charge in [0, 0.05) is 18.3 Å². The number of hydrogen-bond acceptors (Lipinski definition) is 4. The summed E-state index contributed by atoms with van der Waals surface area (Å²) >= 11 is 2.10. The fraction of sp³-hybridized carbons (Fsp3) is 0.600. The molecule has 1 heterocycles. The van der Waals surface area contributed by atoms with Crippen molar-refractivity contribution in [1.29, 1.82) is 0 Å². The first-order valence-corrected chi connectivity index (χ1v) is 8.03. The minimum absolute atomic E-state index is 0.678. The topological polar surface area (TPSA) is 30.5 Å². The van der Waals surface area contributed by atoms with Crippen LogP contribution in [0.5, 0.6) is 11.5 Å². The molecule has 0 aliphatic carbocycles. The second kappa shape index (κ2) is 8.33. The Morgan fingerprint density at radius 2 is 2.11 bits per heavy atom. The highest BCUT2D eigenvalue weighted by Gasteiger charge is 2.12. The van der Waals surface area contributed by atoms with Gasteiger partial charge in [-0.15, -0.1) is 0 Å². The van der Waals surface area contributed by atoms with Crippen molar-refractivity contribution in [1.82, 2.24) is 5.32 Å². The first kappa shape index (κ1) is 14.5. The highest BCUT2D eigenvalue weighted by molar-refractivity contribution is 7.99. The molecule has 1 atom stereocenters. The van der Waals surface area contributed by atoms with E-state index in [4.69, 9.17) is 9.47 Å². The molecule has 1 aromatic carbocycles. The summed E-state index contributed by atoms with van der Waals surface area (Å²) in [4.78, 5) is 0. The minimum Gasteiger partial charge on any atom is -0.493 e. The Morgan fingerprint density at radius 3 is 2.84 bits per heavy atom. The quantitative estimate of drug-likeness (QED) is 0.778. The first-order valence-electron chi connectivity index (χ1n) is 6.98. The number of methoxy groups -OCH3 is 1. The Bertz CT molecular complexity index is 367. The third-order valence-corrected chi connectivity index (χ3v) is 4.65. The second-order valence-electron chi connectivity index (χ2n) is 4.69. The van der Waals surface area contributed by atoms with Crippen molar-refractivity contribution in [3.05, 3.63) is 24.3 Å². The minimum atomic E-state index is 0.678. The zero-order chi connectivity index (χ0) is 13.3. The van der Waals surface area contributed by atoms with Crippen LogP contribution >= 0.6 is 11.8 Å². The molecule has 0 spiro atoms. The number of benzene rings is 1. The van der Waals surface area contributed by atoms with Gasteiger partial charge in [-0.05, 0) is 30.7 Å². The summed E-state index contributed by atoms with van der Waals surface area (Å²) in [5, 5.41) is 4.27. The average Bonchev–Trinajstić information content (AvgIpc) is 2.48. The molecule has 3 nitrogen and oxygen atoms in total. The monoisotopic (exact) mass is 281 g/mol. The third-order valence-electron chi connectivity index (χ3n) is 3.25. The molecule has 0 bridgehead atoms. The van der Waals surface area contributed by atoms with Gasteiger partial charge in [0.2, 0.25) is 0 Å². The molecular weight excluding hydrogens is 258 g/mol. The van der Waals surface area contributed by atoms with Crippen molar-refractivity contribution in [3.8, 4) is 11.5 Å². The molecule has 1 aliphatic rings.